The molecule has 0 saturated heterocycles. The lowest BCUT2D eigenvalue weighted by atomic mass is 10.3. The molecular formula is C10H7N7OS2. The van der Waals surface area contributed by atoms with Crippen LogP contribution in [-0.4, -0.2) is 24.8 Å². The first-order valence-corrected chi connectivity index (χ1v) is 7.19. The van der Waals surface area contributed by atoms with Crippen molar-refractivity contribution in [2.24, 2.45) is 0 Å². The lowest BCUT2D eigenvalue weighted by Crippen LogP contribution is -2.15. The van der Waals surface area contributed by atoms with Gasteiger partial charge in [-0.05, 0) is 0 Å². The molecule has 3 N–H and O–H groups in total. The summed E-state index contributed by atoms with van der Waals surface area (Å²) in [5.74, 6) is 0.455. The van der Waals surface area contributed by atoms with Gasteiger partial charge in [-0.25, -0.2) is 9.50 Å². The number of nitriles is 1. The summed E-state index contributed by atoms with van der Waals surface area (Å²) in [5, 5.41) is 19.6. The smallest absolute Gasteiger partial charge is 0.272 e. The van der Waals surface area contributed by atoms with Crippen LogP contribution in [0.5, 0.6) is 0 Å². The number of nitrogens with one attached hydrogen (secondary N) is 1. The topological polar surface area (TPSA) is 126 Å². The highest BCUT2D eigenvalue weighted by molar-refractivity contribution is 8.00. The van der Waals surface area contributed by atoms with Crippen LogP contribution in [-0.2, 0) is 5.75 Å². The summed E-state index contributed by atoms with van der Waals surface area (Å²) in [4.78, 5) is 16.2. The number of thioether (sulfide) groups is 1. The van der Waals surface area contributed by atoms with Gasteiger partial charge in [0.2, 0.25) is 5.13 Å². The molecule has 10 heteroatoms. The number of rotatable bonds is 3. The van der Waals surface area contributed by atoms with Crippen molar-refractivity contribution in [2.75, 3.05) is 5.73 Å². The number of aromatic amines is 1. The molecule has 0 fully saturated rings. The number of H-pyrrole nitrogens is 1. The molecule has 3 rings (SSSR count). The summed E-state index contributed by atoms with van der Waals surface area (Å²) in [7, 11) is 0. The summed E-state index contributed by atoms with van der Waals surface area (Å²) in [6.45, 7) is 0. The van der Waals surface area contributed by atoms with E-state index in [9.17, 15) is 4.79 Å². The van der Waals surface area contributed by atoms with E-state index in [1.165, 1.54) is 39.9 Å². The zero-order valence-electron chi connectivity index (χ0n) is 9.90. The number of anilines is 1. The lowest BCUT2D eigenvalue weighted by Gasteiger charge is -1.99. The van der Waals surface area contributed by atoms with Crippen molar-refractivity contribution < 1.29 is 0 Å². The minimum absolute atomic E-state index is 0.260. The van der Waals surface area contributed by atoms with E-state index in [-0.39, 0.29) is 5.56 Å². The molecule has 0 amide bonds. The molecule has 0 spiro atoms. The minimum atomic E-state index is -0.260. The summed E-state index contributed by atoms with van der Waals surface area (Å²) in [5.41, 5.74) is 6.46. The Hall–Kier alpha value is -2.38. The monoisotopic (exact) mass is 305 g/mol. The second-order valence-corrected chi connectivity index (χ2v) is 5.97. The Labute approximate surface area is 120 Å². The fourth-order valence-corrected chi connectivity index (χ4v) is 3.13. The van der Waals surface area contributed by atoms with Crippen LogP contribution < -0.4 is 11.3 Å². The molecule has 100 valence electrons. The van der Waals surface area contributed by atoms with Gasteiger partial charge in [0.05, 0.1) is 5.69 Å². The van der Waals surface area contributed by atoms with Crippen LogP contribution in [0.3, 0.4) is 0 Å². The van der Waals surface area contributed by atoms with E-state index in [1.54, 1.807) is 0 Å². The van der Waals surface area contributed by atoms with Gasteiger partial charge < -0.3 is 5.73 Å². The first kappa shape index (κ1) is 12.6. The fourth-order valence-electron chi connectivity index (χ4n) is 1.60. The Bertz CT molecular complexity index is 872. The second-order valence-electron chi connectivity index (χ2n) is 3.74. The number of hydrogen-bond donors (Lipinski definition) is 2. The lowest BCUT2D eigenvalue weighted by molar-refractivity contribution is 0.888. The van der Waals surface area contributed by atoms with Crippen LogP contribution in [0.2, 0.25) is 0 Å². The zero-order valence-corrected chi connectivity index (χ0v) is 11.5. The molecule has 0 aromatic carbocycles. The summed E-state index contributed by atoms with van der Waals surface area (Å²) in [6.07, 6.45) is 1.45. The van der Waals surface area contributed by atoms with Gasteiger partial charge >= 0.3 is 0 Å². The van der Waals surface area contributed by atoms with E-state index in [2.05, 4.69) is 20.3 Å². The van der Waals surface area contributed by atoms with Gasteiger partial charge in [0, 0.05) is 18.0 Å². The zero-order chi connectivity index (χ0) is 14.1. The van der Waals surface area contributed by atoms with Crippen molar-refractivity contribution in [3.05, 3.63) is 33.9 Å². The molecule has 0 radical (unpaired) electrons. The normalized spacial score (nSPS) is 10.8. The molecule has 0 aliphatic carbocycles. The Kier molecular flexibility index (Phi) is 3.13. The standard InChI is InChI=1S/C10H7N7OS2/c11-2-5-3-13-17-7(18)1-6(14-8(5)17)4-19-10-16-15-9(12)20-10/h1,3,13H,4H2,(H2,12,15). The van der Waals surface area contributed by atoms with Gasteiger partial charge in [0.15, 0.2) is 9.99 Å². The average molecular weight is 305 g/mol. The maximum absolute atomic E-state index is 11.9. The third-order valence-electron chi connectivity index (χ3n) is 2.44. The first-order valence-electron chi connectivity index (χ1n) is 5.39. The van der Waals surface area contributed by atoms with E-state index in [4.69, 9.17) is 11.0 Å². The summed E-state index contributed by atoms with van der Waals surface area (Å²) >= 11 is 2.66. The number of hydrogen-bond acceptors (Lipinski definition) is 8. The minimum Gasteiger partial charge on any atom is -0.374 e. The number of nitrogens with two attached hydrogens (primary N) is 1. The van der Waals surface area contributed by atoms with Crippen molar-refractivity contribution >= 4 is 33.9 Å². The molecule has 0 unspecified atom stereocenters. The van der Waals surface area contributed by atoms with Crippen molar-refractivity contribution in [3.63, 3.8) is 0 Å². The summed E-state index contributed by atoms with van der Waals surface area (Å²) < 4.78 is 1.94. The average Bonchev–Trinajstić information content (AvgIpc) is 3.02. The summed E-state index contributed by atoms with van der Waals surface area (Å²) in [6, 6.07) is 3.40. The highest BCUT2D eigenvalue weighted by Gasteiger charge is 2.10. The van der Waals surface area contributed by atoms with Crippen molar-refractivity contribution in [1.82, 2.24) is 24.8 Å². The van der Waals surface area contributed by atoms with Crippen LogP contribution in [0.25, 0.3) is 5.65 Å². The molecule has 3 aromatic rings. The van der Waals surface area contributed by atoms with Crippen molar-refractivity contribution in [2.45, 2.75) is 10.1 Å². The van der Waals surface area contributed by atoms with Crippen LogP contribution in [0.15, 0.2) is 21.4 Å². The van der Waals surface area contributed by atoms with E-state index < -0.39 is 0 Å². The van der Waals surface area contributed by atoms with E-state index in [0.29, 0.717) is 32.1 Å². The number of aromatic nitrogens is 5. The van der Waals surface area contributed by atoms with E-state index in [1.807, 2.05) is 6.07 Å². The molecule has 0 saturated carbocycles. The second kappa shape index (κ2) is 4.95. The predicted octanol–water partition coefficient (Wildman–Crippen LogP) is 0.620. The maximum Gasteiger partial charge on any atom is 0.272 e. The van der Waals surface area contributed by atoms with E-state index in [0.717, 1.165) is 0 Å². The van der Waals surface area contributed by atoms with Crippen LogP contribution >= 0.6 is 23.1 Å². The highest BCUT2D eigenvalue weighted by Crippen LogP contribution is 2.26. The molecule has 3 heterocycles. The van der Waals surface area contributed by atoms with E-state index >= 15 is 0 Å². The predicted molar refractivity (Wildman–Crippen MR) is 74.4 cm³/mol. The van der Waals surface area contributed by atoms with Crippen LogP contribution in [0, 0.1) is 11.3 Å². The van der Waals surface area contributed by atoms with Crippen molar-refractivity contribution in [1.29, 1.82) is 5.26 Å². The number of nitrogen functional groups attached to an aromatic ring is 1. The third kappa shape index (κ3) is 2.24. The number of nitrogens with zero attached hydrogens (tertiary/aromatic N) is 5. The molecular weight excluding hydrogens is 298 g/mol. The van der Waals surface area contributed by atoms with Crippen LogP contribution in [0.4, 0.5) is 5.13 Å². The Morgan fingerprint density at radius 2 is 2.40 bits per heavy atom. The molecule has 8 nitrogen and oxygen atoms in total. The van der Waals surface area contributed by atoms with Gasteiger partial charge in [-0.1, -0.05) is 23.1 Å². The first-order chi connectivity index (χ1) is 9.67. The fraction of sp³-hybridized carbons (Fsp3) is 0.100. The van der Waals surface area contributed by atoms with Gasteiger partial charge in [-0.2, -0.15) is 5.26 Å². The molecule has 0 aliphatic rings. The molecule has 3 aromatic heterocycles. The quantitative estimate of drug-likeness (QED) is 0.679. The Morgan fingerprint density at radius 1 is 1.55 bits per heavy atom. The molecule has 0 atom stereocenters. The van der Waals surface area contributed by atoms with Gasteiger partial charge in [0.1, 0.15) is 11.6 Å². The maximum atomic E-state index is 11.9. The number of fused-ring (bicyclic) bond motifs is 1. The largest absolute Gasteiger partial charge is 0.374 e. The Morgan fingerprint density at radius 3 is 3.10 bits per heavy atom. The third-order valence-corrected chi connectivity index (χ3v) is 4.36. The SMILES string of the molecule is N#Cc1c[nH]n2c(=O)cc(CSc3nnc(N)s3)nc12. The van der Waals surface area contributed by atoms with Crippen LogP contribution in [0.1, 0.15) is 11.3 Å². The molecule has 20 heavy (non-hydrogen) atoms. The highest BCUT2D eigenvalue weighted by atomic mass is 32.2. The molecule has 0 aliphatic heterocycles. The van der Waals surface area contributed by atoms with Crippen molar-refractivity contribution in [3.8, 4) is 6.07 Å². The van der Waals surface area contributed by atoms with Gasteiger partial charge in [-0.15, -0.1) is 10.2 Å². The van der Waals surface area contributed by atoms with Gasteiger partial charge in [-0.3, -0.25) is 9.89 Å². The Balaban J connectivity index is 1.92. The molecule has 0 bridgehead atoms. The van der Waals surface area contributed by atoms with Gasteiger partial charge in [0.25, 0.3) is 5.56 Å².